The van der Waals surface area contributed by atoms with Gasteiger partial charge < -0.3 is 10.2 Å². The highest BCUT2D eigenvalue weighted by molar-refractivity contribution is 9.10. The van der Waals surface area contributed by atoms with Gasteiger partial charge in [-0.3, -0.25) is 13.9 Å². The molecule has 7 nitrogen and oxygen atoms in total. The van der Waals surface area contributed by atoms with Crippen LogP contribution in [0.5, 0.6) is 0 Å². The number of carbonyl (C=O) groups is 2. The normalized spacial score (nSPS) is 12.9. The Morgan fingerprint density at radius 3 is 2.13 bits per heavy atom. The highest BCUT2D eigenvalue weighted by Crippen LogP contribution is 2.26. The van der Waals surface area contributed by atoms with Gasteiger partial charge in [-0.1, -0.05) is 64.8 Å². The molecule has 3 rings (SSSR count). The first-order valence-corrected chi connectivity index (χ1v) is 14.8. The lowest BCUT2D eigenvalue weighted by Gasteiger charge is -2.32. The Labute approximate surface area is 238 Å². The lowest BCUT2D eigenvalue weighted by atomic mass is 10.1. The SMILES string of the molecule is CC[C@H](C)NC(=O)[C@H](C)N(Cc1ccc(Cl)cc1)C(=O)CN(c1ccc(Br)cc1)S(=O)(=O)c1ccccc1. The predicted molar refractivity (Wildman–Crippen MR) is 154 cm³/mol. The Morgan fingerprint density at radius 2 is 1.55 bits per heavy atom. The van der Waals surface area contributed by atoms with E-state index in [1.807, 2.05) is 13.8 Å². The zero-order valence-electron chi connectivity index (χ0n) is 21.5. The number of nitrogens with one attached hydrogen (secondary N) is 1. The van der Waals surface area contributed by atoms with Crippen LogP contribution in [0.1, 0.15) is 32.8 Å². The number of nitrogens with zero attached hydrogens (tertiary/aromatic N) is 2. The van der Waals surface area contributed by atoms with Crippen LogP contribution in [0.4, 0.5) is 5.69 Å². The minimum Gasteiger partial charge on any atom is -0.352 e. The second kappa shape index (κ2) is 13.3. The molecule has 0 radical (unpaired) electrons. The molecule has 0 aliphatic heterocycles. The van der Waals surface area contributed by atoms with E-state index >= 15 is 0 Å². The van der Waals surface area contributed by atoms with E-state index in [-0.39, 0.29) is 23.4 Å². The van der Waals surface area contributed by atoms with Crippen LogP contribution in [-0.4, -0.2) is 43.8 Å². The summed E-state index contributed by atoms with van der Waals surface area (Å²) in [5.41, 5.74) is 1.08. The van der Waals surface area contributed by atoms with E-state index in [0.29, 0.717) is 10.7 Å². The van der Waals surface area contributed by atoms with Crippen LogP contribution >= 0.6 is 27.5 Å². The zero-order chi connectivity index (χ0) is 27.9. The molecule has 0 aliphatic rings. The first kappa shape index (κ1) is 29.7. The molecule has 2 atom stereocenters. The third kappa shape index (κ3) is 7.58. The number of benzene rings is 3. The number of anilines is 1. The van der Waals surface area contributed by atoms with Gasteiger partial charge in [0.2, 0.25) is 11.8 Å². The van der Waals surface area contributed by atoms with Crippen LogP contribution in [0.3, 0.4) is 0 Å². The van der Waals surface area contributed by atoms with Crippen LogP contribution in [0, 0.1) is 0 Å². The summed E-state index contributed by atoms with van der Waals surface area (Å²) in [6.07, 6.45) is 0.732. The Balaban J connectivity index is 2.00. The molecule has 0 aliphatic carbocycles. The lowest BCUT2D eigenvalue weighted by Crippen LogP contribution is -2.52. The molecule has 202 valence electrons. The van der Waals surface area contributed by atoms with Gasteiger partial charge in [0, 0.05) is 22.1 Å². The maximum atomic E-state index is 13.8. The highest BCUT2D eigenvalue weighted by Gasteiger charge is 2.32. The molecule has 0 unspecified atom stereocenters. The van der Waals surface area contributed by atoms with Crippen LogP contribution in [0.25, 0.3) is 0 Å². The highest BCUT2D eigenvalue weighted by atomic mass is 79.9. The average molecular weight is 621 g/mol. The van der Waals surface area contributed by atoms with Gasteiger partial charge in [0.25, 0.3) is 10.0 Å². The van der Waals surface area contributed by atoms with Crippen LogP contribution in [0.2, 0.25) is 5.02 Å². The first-order valence-electron chi connectivity index (χ1n) is 12.2. The first-order chi connectivity index (χ1) is 18.0. The molecule has 0 saturated heterocycles. The van der Waals surface area contributed by atoms with Gasteiger partial charge in [0.05, 0.1) is 10.6 Å². The van der Waals surface area contributed by atoms with E-state index in [2.05, 4.69) is 21.2 Å². The van der Waals surface area contributed by atoms with E-state index in [1.54, 1.807) is 73.7 Å². The minimum atomic E-state index is -4.09. The van der Waals surface area contributed by atoms with Gasteiger partial charge in [-0.15, -0.1) is 0 Å². The van der Waals surface area contributed by atoms with E-state index in [1.165, 1.54) is 17.0 Å². The van der Waals surface area contributed by atoms with Gasteiger partial charge >= 0.3 is 0 Å². The van der Waals surface area contributed by atoms with Gasteiger partial charge in [0.15, 0.2) is 0 Å². The number of rotatable bonds is 11. The van der Waals surface area contributed by atoms with Gasteiger partial charge in [-0.2, -0.15) is 0 Å². The number of halogens is 2. The summed E-state index contributed by atoms with van der Waals surface area (Å²) in [5.74, 6) is -0.836. The molecule has 3 aromatic rings. The number of hydrogen-bond donors (Lipinski definition) is 1. The molecule has 0 spiro atoms. The number of amides is 2. The van der Waals surface area contributed by atoms with Crippen molar-refractivity contribution in [2.24, 2.45) is 0 Å². The van der Waals surface area contributed by atoms with Crippen LogP contribution < -0.4 is 9.62 Å². The molecular weight excluding hydrogens is 590 g/mol. The summed E-state index contributed by atoms with van der Waals surface area (Å²) >= 11 is 9.40. The molecule has 10 heteroatoms. The molecule has 0 fully saturated rings. The standard InChI is InChI=1S/C28H31BrClN3O4S/c1-4-20(2)31-28(35)21(3)32(18-22-10-14-24(30)15-11-22)27(34)19-33(25-16-12-23(29)13-17-25)38(36,37)26-8-6-5-7-9-26/h5-17,20-21H,4,18-19H2,1-3H3,(H,31,35)/t20-,21-/m0/s1. The Kier molecular flexibility index (Phi) is 10.4. The lowest BCUT2D eigenvalue weighted by molar-refractivity contribution is -0.139. The number of carbonyl (C=O) groups excluding carboxylic acids is 2. The van der Waals surface area contributed by atoms with Crippen molar-refractivity contribution >= 4 is 55.1 Å². The van der Waals surface area contributed by atoms with Crippen LogP contribution in [-0.2, 0) is 26.2 Å². The summed E-state index contributed by atoms with van der Waals surface area (Å²) in [4.78, 5) is 28.4. The van der Waals surface area contributed by atoms with Gasteiger partial charge in [-0.05, 0) is 74.4 Å². The Morgan fingerprint density at radius 1 is 0.947 bits per heavy atom. The van der Waals surface area contributed by atoms with Crippen molar-refractivity contribution in [2.75, 3.05) is 10.8 Å². The maximum Gasteiger partial charge on any atom is 0.264 e. The fourth-order valence-electron chi connectivity index (χ4n) is 3.69. The molecule has 0 saturated carbocycles. The summed E-state index contributed by atoms with van der Waals surface area (Å²) in [6, 6.07) is 20.7. The molecule has 0 bridgehead atoms. The van der Waals surface area contributed by atoms with Crippen molar-refractivity contribution in [1.29, 1.82) is 0 Å². The van der Waals surface area contributed by atoms with E-state index < -0.39 is 28.5 Å². The van der Waals surface area contributed by atoms with Crippen molar-refractivity contribution in [3.05, 3.63) is 93.9 Å². The smallest absolute Gasteiger partial charge is 0.264 e. The quantitative estimate of drug-likeness (QED) is 0.301. The molecule has 3 aromatic carbocycles. The zero-order valence-corrected chi connectivity index (χ0v) is 24.6. The molecule has 38 heavy (non-hydrogen) atoms. The summed E-state index contributed by atoms with van der Waals surface area (Å²) in [6.45, 7) is 5.09. The summed E-state index contributed by atoms with van der Waals surface area (Å²) < 4.78 is 29.3. The Bertz CT molecular complexity index is 1340. The van der Waals surface area contributed by atoms with Crippen molar-refractivity contribution < 1.29 is 18.0 Å². The topological polar surface area (TPSA) is 86.8 Å². The van der Waals surface area contributed by atoms with E-state index in [9.17, 15) is 18.0 Å². The largest absolute Gasteiger partial charge is 0.352 e. The third-order valence-corrected chi connectivity index (χ3v) is 8.73. The van der Waals surface area contributed by atoms with Crippen molar-refractivity contribution in [3.63, 3.8) is 0 Å². The average Bonchev–Trinajstić information content (AvgIpc) is 2.91. The van der Waals surface area contributed by atoms with Gasteiger partial charge in [0.1, 0.15) is 12.6 Å². The van der Waals surface area contributed by atoms with Crippen LogP contribution in [0.15, 0.2) is 88.2 Å². The third-order valence-electron chi connectivity index (χ3n) is 6.16. The molecule has 2 amide bonds. The molecule has 0 aromatic heterocycles. The van der Waals surface area contributed by atoms with Crippen molar-refractivity contribution in [2.45, 2.75) is 50.7 Å². The predicted octanol–water partition coefficient (Wildman–Crippen LogP) is 5.63. The monoisotopic (exact) mass is 619 g/mol. The Hall–Kier alpha value is -2.88. The minimum absolute atomic E-state index is 0.0579. The van der Waals surface area contributed by atoms with Gasteiger partial charge in [-0.25, -0.2) is 8.42 Å². The molecule has 0 heterocycles. The number of sulfonamides is 1. The second-order valence-electron chi connectivity index (χ2n) is 8.94. The molecule has 1 N–H and O–H groups in total. The fraction of sp³-hybridized carbons (Fsp3) is 0.286. The van der Waals surface area contributed by atoms with E-state index in [0.717, 1.165) is 20.8 Å². The molecular formula is C28H31BrClN3O4S. The number of hydrogen-bond acceptors (Lipinski definition) is 4. The van der Waals surface area contributed by atoms with Crippen molar-refractivity contribution in [3.8, 4) is 0 Å². The summed E-state index contributed by atoms with van der Waals surface area (Å²) in [7, 11) is -4.09. The summed E-state index contributed by atoms with van der Waals surface area (Å²) in [5, 5.41) is 3.46. The maximum absolute atomic E-state index is 13.8. The second-order valence-corrected chi connectivity index (χ2v) is 12.2. The van der Waals surface area contributed by atoms with E-state index in [4.69, 9.17) is 11.6 Å². The van der Waals surface area contributed by atoms with Crippen molar-refractivity contribution in [1.82, 2.24) is 10.2 Å². The fourth-order valence-corrected chi connectivity index (χ4v) is 5.52.